The molecular formula is C8H16N2O3. The van der Waals surface area contributed by atoms with Crippen molar-refractivity contribution in [1.82, 2.24) is 10.8 Å². The van der Waals surface area contributed by atoms with Gasteiger partial charge in [0.1, 0.15) is 0 Å². The number of rotatable bonds is 3. The molecule has 5 nitrogen and oxygen atoms in total. The fourth-order valence-corrected chi connectivity index (χ4v) is 1.19. The van der Waals surface area contributed by atoms with Crippen molar-refractivity contribution in [2.24, 2.45) is 0 Å². The summed E-state index contributed by atoms with van der Waals surface area (Å²) in [6.45, 7) is 3.73. The van der Waals surface area contributed by atoms with E-state index in [9.17, 15) is 4.79 Å². The van der Waals surface area contributed by atoms with Gasteiger partial charge in [0.2, 0.25) is 0 Å². The Morgan fingerprint density at radius 2 is 2.23 bits per heavy atom. The lowest BCUT2D eigenvalue weighted by molar-refractivity contribution is 0.0589. The minimum atomic E-state index is -0.270. The van der Waals surface area contributed by atoms with Crippen LogP contribution in [-0.4, -0.2) is 31.9 Å². The third-order valence-corrected chi connectivity index (χ3v) is 1.87. The first-order chi connectivity index (χ1) is 6.33. The Bertz CT molecular complexity index is 157. The smallest absolute Gasteiger partial charge is 0.338 e. The van der Waals surface area contributed by atoms with E-state index in [1.54, 1.807) is 0 Å². The maximum atomic E-state index is 11.1. The van der Waals surface area contributed by atoms with Crippen molar-refractivity contribution < 1.29 is 14.4 Å². The summed E-state index contributed by atoms with van der Waals surface area (Å²) in [6, 6.07) is -0.0528. The minimum absolute atomic E-state index is 0.217. The first kappa shape index (κ1) is 10.3. The predicted octanol–water partition coefficient (Wildman–Crippen LogP) is 0.416. The van der Waals surface area contributed by atoms with Crippen molar-refractivity contribution in [3.05, 3.63) is 0 Å². The van der Waals surface area contributed by atoms with Gasteiger partial charge in [0.25, 0.3) is 0 Å². The van der Waals surface area contributed by atoms with Crippen molar-refractivity contribution in [2.75, 3.05) is 19.8 Å². The van der Waals surface area contributed by atoms with E-state index in [2.05, 4.69) is 10.8 Å². The summed E-state index contributed by atoms with van der Waals surface area (Å²) >= 11 is 0. The molecule has 1 rings (SSSR count). The Morgan fingerprint density at radius 1 is 1.54 bits per heavy atom. The van der Waals surface area contributed by atoms with E-state index in [1.165, 1.54) is 0 Å². The Hall–Kier alpha value is -0.810. The second-order valence-corrected chi connectivity index (χ2v) is 2.90. The highest BCUT2D eigenvalue weighted by molar-refractivity contribution is 5.72. The van der Waals surface area contributed by atoms with Crippen LogP contribution in [0.5, 0.6) is 0 Å². The average Bonchev–Trinajstić information content (AvgIpc) is 2.16. The van der Waals surface area contributed by atoms with Crippen LogP contribution in [0, 0.1) is 0 Å². The van der Waals surface area contributed by atoms with E-state index in [4.69, 9.17) is 9.57 Å². The number of nitrogens with one attached hydrogen (secondary N) is 2. The topological polar surface area (TPSA) is 59.6 Å². The highest BCUT2D eigenvalue weighted by Crippen LogP contribution is 2.05. The van der Waals surface area contributed by atoms with Gasteiger partial charge >= 0.3 is 6.03 Å². The van der Waals surface area contributed by atoms with Crippen molar-refractivity contribution >= 4 is 6.03 Å². The van der Waals surface area contributed by atoms with Gasteiger partial charge in [0, 0.05) is 19.3 Å². The van der Waals surface area contributed by atoms with Gasteiger partial charge in [-0.2, -0.15) is 0 Å². The molecule has 1 saturated heterocycles. The predicted molar refractivity (Wildman–Crippen MR) is 47.1 cm³/mol. The molecule has 0 bridgehead atoms. The molecule has 1 fully saturated rings. The maximum absolute atomic E-state index is 11.1. The van der Waals surface area contributed by atoms with Crippen LogP contribution in [0.1, 0.15) is 19.8 Å². The van der Waals surface area contributed by atoms with Crippen LogP contribution in [0.4, 0.5) is 4.79 Å². The van der Waals surface area contributed by atoms with Crippen molar-refractivity contribution in [2.45, 2.75) is 25.8 Å². The van der Waals surface area contributed by atoms with Crippen molar-refractivity contribution in [1.29, 1.82) is 0 Å². The van der Waals surface area contributed by atoms with Gasteiger partial charge in [-0.25, -0.2) is 10.3 Å². The van der Waals surface area contributed by atoms with Gasteiger partial charge in [-0.15, -0.1) is 0 Å². The molecule has 13 heavy (non-hydrogen) atoms. The van der Waals surface area contributed by atoms with Gasteiger partial charge in [0.15, 0.2) is 0 Å². The van der Waals surface area contributed by atoms with Gasteiger partial charge in [-0.1, -0.05) is 0 Å². The van der Waals surface area contributed by atoms with Crippen LogP contribution in [-0.2, 0) is 9.57 Å². The summed E-state index contributed by atoms with van der Waals surface area (Å²) in [5, 5.41) is 2.80. The second-order valence-electron chi connectivity index (χ2n) is 2.90. The molecule has 0 radical (unpaired) electrons. The molecule has 76 valence electrons. The molecule has 0 aromatic carbocycles. The number of hydrogen-bond acceptors (Lipinski definition) is 3. The van der Waals surface area contributed by atoms with E-state index in [1.807, 2.05) is 6.92 Å². The summed E-state index contributed by atoms with van der Waals surface area (Å²) in [7, 11) is 0. The van der Waals surface area contributed by atoms with Crippen molar-refractivity contribution in [3.63, 3.8) is 0 Å². The highest BCUT2D eigenvalue weighted by atomic mass is 16.7. The summed E-state index contributed by atoms with van der Waals surface area (Å²) in [4.78, 5) is 15.8. The van der Waals surface area contributed by atoms with Gasteiger partial charge in [0.05, 0.1) is 6.61 Å². The molecule has 0 aliphatic carbocycles. The summed E-state index contributed by atoms with van der Waals surface area (Å²) in [5.74, 6) is 0. The van der Waals surface area contributed by atoms with Crippen LogP contribution in [0.25, 0.3) is 0 Å². The highest BCUT2D eigenvalue weighted by Gasteiger charge is 2.15. The molecule has 2 N–H and O–H groups in total. The number of carbonyl (C=O) groups excluding carboxylic acids is 1. The Balaban J connectivity index is 2.11. The van der Waals surface area contributed by atoms with Crippen molar-refractivity contribution in [3.8, 4) is 0 Å². The summed E-state index contributed by atoms with van der Waals surface area (Å²) in [6.07, 6.45) is 1.75. The summed E-state index contributed by atoms with van der Waals surface area (Å²) in [5.41, 5.74) is 2.29. The van der Waals surface area contributed by atoms with Gasteiger partial charge in [-0.3, -0.25) is 4.84 Å². The van der Waals surface area contributed by atoms with Crippen LogP contribution in [0.2, 0.25) is 0 Å². The molecule has 1 heterocycles. The molecule has 0 atom stereocenters. The zero-order chi connectivity index (χ0) is 9.52. The third-order valence-electron chi connectivity index (χ3n) is 1.87. The van der Waals surface area contributed by atoms with E-state index in [0.29, 0.717) is 6.61 Å². The lowest BCUT2D eigenvalue weighted by atomic mass is 10.1. The van der Waals surface area contributed by atoms with E-state index in [-0.39, 0.29) is 12.1 Å². The average molecular weight is 188 g/mol. The van der Waals surface area contributed by atoms with Gasteiger partial charge in [-0.05, 0) is 19.8 Å². The van der Waals surface area contributed by atoms with Crippen LogP contribution in [0.3, 0.4) is 0 Å². The minimum Gasteiger partial charge on any atom is -0.381 e. The number of hydroxylamine groups is 1. The normalized spacial score (nSPS) is 18.2. The van der Waals surface area contributed by atoms with E-state index < -0.39 is 0 Å². The third kappa shape index (κ3) is 4.10. The monoisotopic (exact) mass is 188 g/mol. The number of amides is 2. The van der Waals surface area contributed by atoms with E-state index >= 15 is 0 Å². The largest absolute Gasteiger partial charge is 0.381 e. The number of urea groups is 1. The fourth-order valence-electron chi connectivity index (χ4n) is 1.19. The zero-order valence-corrected chi connectivity index (χ0v) is 7.84. The first-order valence-corrected chi connectivity index (χ1v) is 4.59. The van der Waals surface area contributed by atoms with Crippen LogP contribution in [0.15, 0.2) is 0 Å². The first-order valence-electron chi connectivity index (χ1n) is 4.59. The molecule has 2 amide bonds. The molecule has 0 aromatic heterocycles. The number of ether oxygens (including phenoxy) is 1. The lowest BCUT2D eigenvalue weighted by Crippen LogP contribution is -2.44. The quantitative estimate of drug-likeness (QED) is 0.631. The Labute approximate surface area is 77.7 Å². The zero-order valence-electron chi connectivity index (χ0n) is 7.84. The lowest BCUT2D eigenvalue weighted by Gasteiger charge is -2.22. The van der Waals surface area contributed by atoms with Gasteiger partial charge < -0.3 is 10.1 Å². The number of carbonyl (C=O) groups is 1. The maximum Gasteiger partial charge on any atom is 0.338 e. The van der Waals surface area contributed by atoms with Crippen LogP contribution < -0.4 is 10.8 Å². The molecule has 1 aliphatic rings. The molecule has 0 spiro atoms. The molecular weight excluding hydrogens is 172 g/mol. The van der Waals surface area contributed by atoms with Crippen LogP contribution >= 0.6 is 0 Å². The Morgan fingerprint density at radius 3 is 2.85 bits per heavy atom. The second kappa shape index (κ2) is 5.77. The molecule has 0 saturated carbocycles. The van der Waals surface area contributed by atoms with E-state index in [0.717, 1.165) is 26.1 Å². The standard InChI is InChI=1S/C8H16N2O3/c1-2-13-10-8(11)9-7-3-5-12-6-4-7/h7H,2-6H2,1H3,(H2,9,10,11). The Kier molecular flexibility index (Phi) is 4.56. The molecule has 5 heteroatoms. The molecule has 0 unspecified atom stereocenters. The molecule has 0 aromatic rings. The SMILES string of the molecule is CCONC(=O)NC1CCOCC1. The summed E-state index contributed by atoms with van der Waals surface area (Å²) < 4.78 is 5.16. The number of hydrogen-bond donors (Lipinski definition) is 2. The molecule has 1 aliphatic heterocycles. The fraction of sp³-hybridized carbons (Fsp3) is 0.875.